The van der Waals surface area contributed by atoms with Crippen LogP contribution in [0.25, 0.3) is 0 Å². The predicted octanol–water partition coefficient (Wildman–Crippen LogP) is 3.21. The highest BCUT2D eigenvalue weighted by molar-refractivity contribution is 7.89. The van der Waals surface area contributed by atoms with Crippen molar-refractivity contribution in [1.82, 2.24) is 9.29 Å². The smallest absolute Gasteiger partial charge is 0.489 e. The van der Waals surface area contributed by atoms with E-state index < -0.39 is 22.1 Å². The molecule has 1 aromatic heterocycles. The Bertz CT molecular complexity index is 858. The molecule has 0 unspecified atom stereocenters. The minimum absolute atomic E-state index is 0.0958. The maximum atomic E-state index is 12.8. The highest BCUT2D eigenvalue weighted by Gasteiger charge is 2.33. The van der Waals surface area contributed by atoms with E-state index in [4.69, 9.17) is 4.74 Å². The molecule has 3 rings (SSSR count). The fraction of sp³-hybridized carbons (Fsp3) is 0.353. The second-order valence-electron chi connectivity index (χ2n) is 5.95. The molecule has 1 aliphatic rings. The number of piperidine rings is 1. The first-order valence-corrected chi connectivity index (χ1v) is 9.61. The summed E-state index contributed by atoms with van der Waals surface area (Å²) < 4.78 is 73.1. The molecule has 0 saturated carbocycles. The van der Waals surface area contributed by atoms with Crippen LogP contribution in [0, 0.1) is 0 Å². The molecular weight excluding hydrogens is 385 g/mol. The molecule has 146 valence electrons. The number of halogens is 3. The molecule has 0 N–H and O–H groups in total. The van der Waals surface area contributed by atoms with Gasteiger partial charge in [0, 0.05) is 18.9 Å². The molecule has 1 fully saturated rings. The highest BCUT2D eigenvalue weighted by Crippen LogP contribution is 2.27. The fourth-order valence-electron chi connectivity index (χ4n) is 2.79. The van der Waals surface area contributed by atoms with E-state index >= 15 is 0 Å². The van der Waals surface area contributed by atoms with E-state index in [2.05, 4.69) is 9.72 Å². The van der Waals surface area contributed by atoms with Gasteiger partial charge in [-0.15, -0.1) is 13.2 Å². The zero-order valence-corrected chi connectivity index (χ0v) is 14.9. The maximum Gasteiger partial charge on any atom is 0.573 e. The fourth-order valence-corrected chi connectivity index (χ4v) is 4.30. The van der Waals surface area contributed by atoms with Gasteiger partial charge in [0.25, 0.3) is 0 Å². The molecular formula is C17H17F3N2O4S. The summed E-state index contributed by atoms with van der Waals surface area (Å²) in [5.41, 5.74) is 0. The molecule has 6 nitrogen and oxygen atoms in total. The van der Waals surface area contributed by atoms with E-state index in [-0.39, 0.29) is 17.5 Å². The number of aromatic nitrogens is 1. The van der Waals surface area contributed by atoms with E-state index in [9.17, 15) is 21.6 Å². The highest BCUT2D eigenvalue weighted by atomic mass is 32.2. The first-order valence-electron chi connectivity index (χ1n) is 8.17. The van der Waals surface area contributed by atoms with Crippen molar-refractivity contribution in [2.24, 2.45) is 0 Å². The van der Waals surface area contributed by atoms with Crippen LogP contribution >= 0.6 is 0 Å². The van der Waals surface area contributed by atoms with Crippen molar-refractivity contribution in [1.29, 1.82) is 0 Å². The van der Waals surface area contributed by atoms with Crippen LogP contribution in [0.5, 0.6) is 11.5 Å². The first-order chi connectivity index (χ1) is 12.7. The summed E-state index contributed by atoms with van der Waals surface area (Å²) in [6, 6.07) is 7.54. The molecule has 1 atom stereocenters. The minimum Gasteiger partial charge on any atom is -0.489 e. The van der Waals surface area contributed by atoms with Gasteiger partial charge >= 0.3 is 6.36 Å². The van der Waals surface area contributed by atoms with Crippen molar-refractivity contribution < 1.29 is 31.1 Å². The Morgan fingerprint density at radius 3 is 2.33 bits per heavy atom. The van der Waals surface area contributed by atoms with Gasteiger partial charge in [-0.25, -0.2) is 8.42 Å². The van der Waals surface area contributed by atoms with Crippen LogP contribution < -0.4 is 9.47 Å². The lowest BCUT2D eigenvalue weighted by atomic mass is 10.1. The molecule has 2 heterocycles. The SMILES string of the molecule is O=S(=O)(c1ccc(OC(F)(F)F)cc1)N1CCC[C@@H](Oc2ccncc2)C1. The summed E-state index contributed by atoms with van der Waals surface area (Å²) in [4.78, 5) is 3.80. The van der Waals surface area contributed by atoms with Gasteiger partial charge in [-0.1, -0.05) is 0 Å². The topological polar surface area (TPSA) is 68.7 Å². The van der Waals surface area contributed by atoms with E-state index in [1.165, 1.54) is 4.31 Å². The normalized spacial score (nSPS) is 18.9. The Morgan fingerprint density at radius 1 is 1.04 bits per heavy atom. The zero-order chi connectivity index (χ0) is 19.5. The van der Waals surface area contributed by atoms with Gasteiger partial charge in [0.05, 0.1) is 11.4 Å². The van der Waals surface area contributed by atoms with Gasteiger partial charge in [0.2, 0.25) is 10.0 Å². The van der Waals surface area contributed by atoms with Crippen LogP contribution in [0.3, 0.4) is 0 Å². The van der Waals surface area contributed by atoms with Gasteiger partial charge in [-0.2, -0.15) is 4.31 Å². The summed E-state index contributed by atoms with van der Waals surface area (Å²) in [5, 5.41) is 0. The number of sulfonamides is 1. The van der Waals surface area contributed by atoms with Gasteiger partial charge in [-0.05, 0) is 49.2 Å². The Kier molecular flexibility index (Phi) is 5.56. The number of benzene rings is 1. The molecule has 0 aliphatic carbocycles. The number of hydrogen-bond donors (Lipinski definition) is 0. The molecule has 0 spiro atoms. The first kappa shape index (κ1) is 19.4. The molecule has 0 radical (unpaired) electrons. The molecule has 2 aromatic rings. The second-order valence-corrected chi connectivity index (χ2v) is 7.89. The number of pyridine rings is 1. The number of hydrogen-bond acceptors (Lipinski definition) is 5. The van der Waals surface area contributed by atoms with Crippen molar-refractivity contribution in [3.8, 4) is 11.5 Å². The molecule has 1 aromatic carbocycles. The van der Waals surface area contributed by atoms with Crippen LogP contribution in [-0.4, -0.2) is 43.3 Å². The molecule has 0 amide bonds. The van der Waals surface area contributed by atoms with Crippen LogP contribution in [0.2, 0.25) is 0 Å². The lowest BCUT2D eigenvalue weighted by Gasteiger charge is -2.32. The molecule has 1 saturated heterocycles. The molecule has 27 heavy (non-hydrogen) atoms. The van der Waals surface area contributed by atoms with E-state index in [1.54, 1.807) is 24.5 Å². The number of ether oxygens (including phenoxy) is 2. The Balaban J connectivity index is 1.70. The number of rotatable bonds is 5. The Labute approximate surface area is 154 Å². The van der Waals surface area contributed by atoms with Crippen LogP contribution in [0.4, 0.5) is 13.2 Å². The van der Waals surface area contributed by atoms with E-state index in [0.29, 0.717) is 25.1 Å². The van der Waals surface area contributed by atoms with Gasteiger partial charge in [-0.3, -0.25) is 4.98 Å². The van der Waals surface area contributed by atoms with E-state index in [1.807, 2.05) is 0 Å². The van der Waals surface area contributed by atoms with Gasteiger partial charge in [0.15, 0.2) is 0 Å². The molecule has 0 bridgehead atoms. The van der Waals surface area contributed by atoms with Crippen molar-refractivity contribution in [2.75, 3.05) is 13.1 Å². The average molecular weight is 402 g/mol. The van der Waals surface area contributed by atoms with Gasteiger partial charge < -0.3 is 9.47 Å². The van der Waals surface area contributed by atoms with Crippen molar-refractivity contribution in [3.05, 3.63) is 48.8 Å². The summed E-state index contributed by atoms with van der Waals surface area (Å²) in [5.74, 6) is 0.127. The quantitative estimate of drug-likeness (QED) is 0.768. The van der Waals surface area contributed by atoms with Crippen molar-refractivity contribution >= 4 is 10.0 Å². The standard InChI is InChI=1S/C17H17F3N2O4S/c18-17(19,20)26-14-3-5-16(6-4-14)27(23,24)22-11-1-2-15(12-22)25-13-7-9-21-10-8-13/h3-10,15H,1-2,11-12H2/t15-/m1/s1. The summed E-state index contributed by atoms with van der Waals surface area (Å²) >= 11 is 0. The predicted molar refractivity (Wildman–Crippen MR) is 89.8 cm³/mol. The van der Waals surface area contributed by atoms with Crippen molar-refractivity contribution in [3.63, 3.8) is 0 Å². The van der Waals surface area contributed by atoms with Crippen LogP contribution in [-0.2, 0) is 10.0 Å². The van der Waals surface area contributed by atoms with Crippen LogP contribution in [0.15, 0.2) is 53.7 Å². The minimum atomic E-state index is -4.83. The number of alkyl halides is 3. The largest absolute Gasteiger partial charge is 0.573 e. The molecule has 10 heteroatoms. The third-order valence-electron chi connectivity index (χ3n) is 3.99. The lowest BCUT2D eigenvalue weighted by molar-refractivity contribution is -0.274. The Morgan fingerprint density at radius 2 is 1.70 bits per heavy atom. The monoisotopic (exact) mass is 402 g/mol. The third-order valence-corrected chi connectivity index (χ3v) is 5.87. The van der Waals surface area contributed by atoms with Gasteiger partial charge in [0.1, 0.15) is 17.6 Å². The number of nitrogens with zero attached hydrogens (tertiary/aromatic N) is 2. The van der Waals surface area contributed by atoms with Crippen LogP contribution in [0.1, 0.15) is 12.8 Å². The Hall–Kier alpha value is -2.33. The lowest BCUT2D eigenvalue weighted by Crippen LogP contribution is -2.44. The van der Waals surface area contributed by atoms with E-state index in [0.717, 1.165) is 24.3 Å². The third kappa shape index (κ3) is 5.10. The summed E-state index contributed by atoms with van der Waals surface area (Å²) in [7, 11) is -3.84. The summed E-state index contributed by atoms with van der Waals surface area (Å²) in [6.45, 7) is 0.477. The second kappa shape index (κ2) is 7.73. The van der Waals surface area contributed by atoms with Crippen molar-refractivity contribution in [2.45, 2.75) is 30.2 Å². The summed E-state index contributed by atoms with van der Waals surface area (Å²) in [6.07, 6.45) is -0.667. The zero-order valence-electron chi connectivity index (χ0n) is 14.1. The average Bonchev–Trinajstić information content (AvgIpc) is 2.62. The molecule has 1 aliphatic heterocycles. The maximum absolute atomic E-state index is 12.8.